The quantitative estimate of drug-likeness (QED) is 0.906. The number of amides is 1. The van der Waals surface area contributed by atoms with Gasteiger partial charge in [-0.1, -0.05) is 25.4 Å². The molecule has 1 amide bonds. The molecule has 2 aliphatic heterocycles. The van der Waals surface area contributed by atoms with E-state index in [0.29, 0.717) is 23.8 Å². The van der Waals surface area contributed by atoms with Crippen LogP contribution in [0.25, 0.3) is 0 Å². The van der Waals surface area contributed by atoms with Crippen LogP contribution in [0.3, 0.4) is 0 Å². The van der Waals surface area contributed by atoms with Crippen LogP contribution in [0.1, 0.15) is 47.8 Å². The van der Waals surface area contributed by atoms with E-state index in [1.807, 2.05) is 19.9 Å². The van der Waals surface area contributed by atoms with E-state index in [0.717, 1.165) is 17.4 Å². The molecule has 1 unspecified atom stereocenters. The molecular formula is C16H17ClN6O. The van der Waals surface area contributed by atoms with Gasteiger partial charge in [-0.05, 0) is 12.1 Å². The Hall–Kier alpha value is -2.41. The molecule has 7 nitrogen and oxygen atoms in total. The molecule has 2 aliphatic rings. The van der Waals surface area contributed by atoms with Crippen molar-refractivity contribution in [2.45, 2.75) is 25.8 Å². The SMILES string of the molecule is CC(C)c1ncc2n1NC1=NC(c3ccc(Cl)cn3)CN(C1)C2=O. The molecule has 4 heterocycles. The van der Waals surface area contributed by atoms with Crippen LogP contribution in [-0.2, 0) is 0 Å². The van der Waals surface area contributed by atoms with Gasteiger partial charge >= 0.3 is 0 Å². The third-order valence-corrected chi connectivity index (χ3v) is 4.41. The van der Waals surface area contributed by atoms with E-state index in [1.54, 1.807) is 28.0 Å². The van der Waals surface area contributed by atoms with Gasteiger partial charge in [0.15, 0.2) is 0 Å². The third kappa shape index (κ3) is 2.45. The largest absolute Gasteiger partial charge is 0.327 e. The fourth-order valence-corrected chi connectivity index (χ4v) is 3.13. The Morgan fingerprint density at radius 2 is 2.12 bits per heavy atom. The van der Waals surface area contributed by atoms with Gasteiger partial charge in [0.2, 0.25) is 0 Å². The number of nitrogens with zero attached hydrogens (tertiary/aromatic N) is 5. The summed E-state index contributed by atoms with van der Waals surface area (Å²) in [5.41, 5.74) is 4.58. The van der Waals surface area contributed by atoms with E-state index >= 15 is 0 Å². The van der Waals surface area contributed by atoms with Crippen LogP contribution in [0.5, 0.6) is 0 Å². The summed E-state index contributed by atoms with van der Waals surface area (Å²) in [6, 6.07) is 3.43. The lowest BCUT2D eigenvalue weighted by atomic mass is 10.1. The highest BCUT2D eigenvalue weighted by molar-refractivity contribution is 6.30. The number of nitrogens with one attached hydrogen (secondary N) is 1. The number of amidine groups is 1. The monoisotopic (exact) mass is 344 g/mol. The fourth-order valence-electron chi connectivity index (χ4n) is 3.02. The van der Waals surface area contributed by atoms with Crippen molar-refractivity contribution in [1.29, 1.82) is 0 Å². The van der Waals surface area contributed by atoms with Gasteiger partial charge in [-0.2, -0.15) is 0 Å². The van der Waals surface area contributed by atoms with Crippen molar-refractivity contribution in [3.63, 3.8) is 0 Å². The molecule has 0 aliphatic carbocycles. The summed E-state index contributed by atoms with van der Waals surface area (Å²) in [5.74, 6) is 1.69. The molecule has 0 radical (unpaired) electrons. The second kappa shape index (κ2) is 5.59. The van der Waals surface area contributed by atoms with Crippen LogP contribution in [-0.4, -0.2) is 44.4 Å². The van der Waals surface area contributed by atoms with Gasteiger partial charge in [-0.25, -0.2) is 9.66 Å². The minimum Gasteiger partial charge on any atom is -0.327 e. The number of rotatable bonds is 2. The van der Waals surface area contributed by atoms with E-state index < -0.39 is 0 Å². The van der Waals surface area contributed by atoms with E-state index in [-0.39, 0.29) is 17.9 Å². The van der Waals surface area contributed by atoms with Crippen LogP contribution in [0.4, 0.5) is 0 Å². The Bertz CT molecular complexity index is 826. The Morgan fingerprint density at radius 3 is 2.83 bits per heavy atom. The van der Waals surface area contributed by atoms with Gasteiger partial charge in [0.1, 0.15) is 23.4 Å². The molecule has 24 heavy (non-hydrogen) atoms. The molecular weight excluding hydrogens is 328 g/mol. The Labute approximate surface area is 144 Å². The number of imidazole rings is 1. The minimum absolute atomic E-state index is 0.0502. The fraction of sp³-hybridized carbons (Fsp3) is 0.375. The zero-order chi connectivity index (χ0) is 16.8. The van der Waals surface area contributed by atoms with Crippen molar-refractivity contribution in [1.82, 2.24) is 19.5 Å². The molecule has 8 heteroatoms. The van der Waals surface area contributed by atoms with Gasteiger partial charge in [0.25, 0.3) is 5.91 Å². The standard InChI is InChI=1S/C16H17ClN6O/c1-9(2)15-19-6-13-16(24)22-7-12(11-4-3-10(17)5-18-11)20-14(8-22)21-23(13)15/h3-6,9,12H,7-8H2,1-2H3,(H,20,21). The first kappa shape index (κ1) is 15.1. The Kier molecular flexibility index (Phi) is 3.53. The van der Waals surface area contributed by atoms with E-state index in [4.69, 9.17) is 16.6 Å². The number of halogens is 1. The minimum atomic E-state index is -0.206. The zero-order valence-electron chi connectivity index (χ0n) is 13.4. The first-order valence-electron chi connectivity index (χ1n) is 7.85. The molecule has 124 valence electrons. The van der Waals surface area contributed by atoms with Crippen molar-refractivity contribution in [3.8, 4) is 0 Å². The molecule has 1 atom stereocenters. The normalized spacial score (nSPS) is 19.7. The summed E-state index contributed by atoms with van der Waals surface area (Å²) in [6.45, 7) is 5.03. The topological polar surface area (TPSA) is 75.4 Å². The van der Waals surface area contributed by atoms with Crippen molar-refractivity contribution < 1.29 is 4.79 Å². The highest BCUT2D eigenvalue weighted by atomic mass is 35.5. The van der Waals surface area contributed by atoms with Gasteiger partial charge in [0, 0.05) is 18.7 Å². The summed E-state index contributed by atoms with van der Waals surface area (Å²) >= 11 is 5.90. The average molecular weight is 345 g/mol. The Morgan fingerprint density at radius 1 is 1.29 bits per heavy atom. The lowest BCUT2D eigenvalue weighted by molar-refractivity contribution is 0.0759. The van der Waals surface area contributed by atoms with Crippen LogP contribution >= 0.6 is 11.6 Å². The number of aromatic nitrogens is 3. The number of aliphatic imine (C=N–C) groups is 1. The first-order valence-corrected chi connectivity index (χ1v) is 8.23. The molecule has 0 saturated carbocycles. The second-order valence-corrected chi connectivity index (χ2v) is 6.72. The number of hydrogen-bond acceptors (Lipinski definition) is 5. The second-order valence-electron chi connectivity index (χ2n) is 6.28. The van der Waals surface area contributed by atoms with Gasteiger partial charge in [-0.3, -0.25) is 20.2 Å². The molecule has 0 saturated heterocycles. The van der Waals surface area contributed by atoms with Gasteiger partial charge in [-0.15, -0.1) is 0 Å². The Balaban J connectivity index is 1.73. The summed E-state index contributed by atoms with van der Waals surface area (Å²) in [6.07, 6.45) is 3.23. The smallest absolute Gasteiger partial charge is 0.274 e. The van der Waals surface area contributed by atoms with Crippen molar-refractivity contribution in [3.05, 3.63) is 46.8 Å². The van der Waals surface area contributed by atoms with Crippen LogP contribution in [0.15, 0.2) is 29.5 Å². The lowest BCUT2D eigenvalue weighted by Crippen LogP contribution is -2.42. The summed E-state index contributed by atoms with van der Waals surface area (Å²) < 4.78 is 1.75. The van der Waals surface area contributed by atoms with Crippen LogP contribution in [0.2, 0.25) is 5.02 Å². The predicted octanol–water partition coefficient (Wildman–Crippen LogP) is 2.21. The first-order chi connectivity index (χ1) is 11.5. The number of carbonyl (C=O) groups excluding carboxylic acids is 1. The maximum Gasteiger partial charge on any atom is 0.274 e. The molecule has 2 aromatic rings. The van der Waals surface area contributed by atoms with E-state index in [2.05, 4.69) is 15.4 Å². The van der Waals surface area contributed by atoms with Crippen molar-refractivity contribution in [2.24, 2.45) is 4.99 Å². The van der Waals surface area contributed by atoms with Gasteiger partial charge < -0.3 is 4.90 Å². The molecule has 4 rings (SSSR count). The average Bonchev–Trinajstić information content (AvgIpc) is 2.94. The van der Waals surface area contributed by atoms with Crippen LogP contribution in [0, 0.1) is 0 Å². The van der Waals surface area contributed by atoms with E-state index in [1.165, 1.54) is 0 Å². The molecule has 0 spiro atoms. The molecule has 0 fully saturated rings. The van der Waals surface area contributed by atoms with Crippen LogP contribution < -0.4 is 5.43 Å². The molecule has 0 aromatic carbocycles. The highest BCUT2D eigenvalue weighted by Gasteiger charge is 2.34. The van der Waals surface area contributed by atoms with Crippen molar-refractivity contribution >= 4 is 23.3 Å². The van der Waals surface area contributed by atoms with Crippen molar-refractivity contribution in [2.75, 3.05) is 18.5 Å². The summed E-state index contributed by atoms with van der Waals surface area (Å²) in [4.78, 5) is 28.1. The maximum absolute atomic E-state index is 12.8. The number of pyridine rings is 1. The lowest BCUT2D eigenvalue weighted by Gasteiger charge is -2.28. The molecule has 2 bridgehead atoms. The zero-order valence-corrected chi connectivity index (χ0v) is 14.2. The number of fused-ring (bicyclic) bond motifs is 3. The number of hydrogen-bond donors (Lipinski definition) is 1. The number of carbonyl (C=O) groups is 1. The van der Waals surface area contributed by atoms with E-state index in [9.17, 15) is 4.79 Å². The summed E-state index contributed by atoms with van der Waals surface area (Å²) in [5, 5.41) is 0.581. The third-order valence-electron chi connectivity index (χ3n) is 4.19. The predicted molar refractivity (Wildman–Crippen MR) is 91.0 cm³/mol. The maximum atomic E-state index is 12.8. The summed E-state index contributed by atoms with van der Waals surface area (Å²) in [7, 11) is 0. The van der Waals surface area contributed by atoms with Gasteiger partial charge in [0.05, 0.1) is 23.5 Å². The highest BCUT2D eigenvalue weighted by Crippen LogP contribution is 2.26. The molecule has 1 N–H and O–H groups in total. The molecule has 2 aromatic heterocycles.